The first-order valence-electron chi connectivity index (χ1n) is 6.63. The summed E-state index contributed by atoms with van der Waals surface area (Å²) < 4.78 is 0. The Morgan fingerprint density at radius 2 is 2.05 bits per heavy atom. The van der Waals surface area contributed by atoms with Crippen LogP contribution in [0.3, 0.4) is 0 Å². The predicted molar refractivity (Wildman–Crippen MR) is 87.8 cm³/mol. The molecule has 1 atom stereocenters. The highest BCUT2D eigenvalue weighted by molar-refractivity contribution is 7.80. The summed E-state index contributed by atoms with van der Waals surface area (Å²) in [6.07, 6.45) is 1.08. The highest BCUT2D eigenvalue weighted by Crippen LogP contribution is 2.17. The Labute approximate surface area is 121 Å². The van der Waals surface area contributed by atoms with Gasteiger partial charge in [-0.25, -0.2) is 0 Å². The molecule has 0 heterocycles. The molecule has 0 aromatic heterocycles. The monoisotopic (exact) mass is 277 g/mol. The minimum atomic E-state index is 0.469. The van der Waals surface area contributed by atoms with Gasteiger partial charge in [0.15, 0.2) is 5.11 Å². The number of hydrogen-bond acceptors (Lipinski definition) is 2. The van der Waals surface area contributed by atoms with Crippen molar-refractivity contribution in [3.63, 3.8) is 0 Å². The van der Waals surface area contributed by atoms with Crippen molar-refractivity contribution in [1.29, 1.82) is 0 Å². The molecule has 0 aliphatic heterocycles. The molecule has 4 heteroatoms. The number of benzene rings is 1. The van der Waals surface area contributed by atoms with Gasteiger partial charge in [0.05, 0.1) is 0 Å². The second-order valence-corrected chi connectivity index (χ2v) is 5.28. The molecule has 1 aromatic carbocycles. The summed E-state index contributed by atoms with van der Waals surface area (Å²) in [7, 11) is 0. The lowest BCUT2D eigenvalue weighted by atomic mass is 10.1. The van der Waals surface area contributed by atoms with E-state index in [4.69, 9.17) is 12.2 Å². The number of nitrogens with zero attached hydrogens (tertiary/aromatic N) is 1. The van der Waals surface area contributed by atoms with Gasteiger partial charge in [-0.2, -0.15) is 5.10 Å². The van der Waals surface area contributed by atoms with Crippen LogP contribution in [0.25, 0.3) is 0 Å². The van der Waals surface area contributed by atoms with Gasteiger partial charge < -0.3 is 5.32 Å². The van der Waals surface area contributed by atoms with Crippen LogP contribution < -0.4 is 10.7 Å². The second-order valence-electron chi connectivity index (χ2n) is 4.88. The van der Waals surface area contributed by atoms with Crippen molar-refractivity contribution >= 4 is 28.7 Å². The highest BCUT2D eigenvalue weighted by Gasteiger charge is 2.04. The number of anilines is 1. The molecule has 0 spiro atoms. The fourth-order valence-electron chi connectivity index (χ4n) is 1.58. The Bertz CT molecular complexity index is 480. The molecular weight excluding hydrogens is 254 g/mol. The van der Waals surface area contributed by atoms with Crippen molar-refractivity contribution in [2.45, 2.75) is 41.0 Å². The maximum absolute atomic E-state index is 5.25. The summed E-state index contributed by atoms with van der Waals surface area (Å²) in [6.45, 7) is 10.5. The standard InChI is InChI=1S/C15H23N3S/c1-6-10(2)13(5)17-18-15(19)16-14-9-7-8-11(3)12(14)4/h7-10H,6H2,1-5H3,(H2,16,18,19)/b17-13-/t10-/m0/s1. The van der Waals surface area contributed by atoms with E-state index >= 15 is 0 Å². The molecule has 2 N–H and O–H groups in total. The molecule has 0 aliphatic rings. The molecule has 0 amide bonds. The highest BCUT2D eigenvalue weighted by atomic mass is 32.1. The van der Waals surface area contributed by atoms with Crippen LogP contribution in [0.1, 0.15) is 38.3 Å². The van der Waals surface area contributed by atoms with Gasteiger partial charge in [-0.3, -0.25) is 5.43 Å². The molecular formula is C15H23N3S. The Hall–Kier alpha value is -1.42. The molecule has 0 aliphatic carbocycles. The molecule has 0 unspecified atom stereocenters. The van der Waals surface area contributed by atoms with Crippen molar-refractivity contribution in [3.8, 4) is 0 Å². The second kappa shape index (κ2) is 7.24. The van der Waals surface area contributed by atoms with Gasteiger partial charge in [-0.1, -0.05) is 26.0 Å². The maximum atomic E-state index is 5.25. The van der Waals surface area contributed by atoms with Crippen molar-refractivity contribution in [3.05, 3.63) is 29.3 Å². The molecule has 0 bridgehead atoms. The molecule has 3 nitrogen and oxygen atoms in total. The summed E-state index contributed by atoms with van der Waals surface area (Å²) >= 11 is 5.25. The summed E-state index contributed by atoms with van der Waals surface area (Å²) in [6, 6.07) is 6.12. The summed E-state index contributed by atoms with van der Waals surface area (Å²) in [5.74, 6) is 0.469. The number of aryl methyl sites for hydroxylation is 1. The predicted octanol–water partition coefficient (Wildman–Crippen LogP) is 4.01. The van der Waals surface area contributed by atoms with E-state index in [-0.39, 0.29) is 0 Å². The first-order valence-corrected chi connectivity index (χ1v) is 7.03. The smallest absolute Gasteiger partial charge is 0.191 e. The molecule has 0 fully saturated rings. The first-order chi connectivity index (χ1) is 8.95. The zero-order valence-corrected chi connectivity index (χ0v) is 13.2. The van der Waals surface area contributed by atoms with Gasteiger partial charge in [-0.05, 0) is 62.5 Å². The normalized spacial score (nSPS) is 13.0. The van der Waals surface area contributed by atoms with Crippen molar-refractivity contribution in [2.24, 2.45) is 11.0 Å². The lowest BCUT2D eigenvalue weighted by Gasteiger charge is -2.13. The van der Waals surface area contributed by atoms with Crippen LogP contribution in [0, 0.1) is 19.8 Å². The van der Waals surface area contributed by atoms with Crippen LogP contribution in [0.15, 0.2) is 23.3 Å². The molecule has 1 rings (SSSR count). The Morgan fingerprint density at radius 1 is 1.37 bits per heavy atom. The van der Waals surface area contributed by atoms with Crippen LogP contribution in [0.4, 0.5) is 5.69 Å². The summed E-state index contributed by atoms with van der Waals surface area (Å²) in [4.78, 5) is 0. The zero-order valence-electron chi connectivity index (χ0n) is 12.4. The van der Waals surface area contributed by atoms with E-state index in [1.54, 1.807) is 0 Å². The van der Waals surface area contributed by atoms with Crippen LogP contribution in [-0.4, -0.2) is 10.8 Å². The summed E-state index contributed by atoms with van der Waals surface area (Å²) in [5.41, 5.74) is 7.43. The van der Waals surface area contributed by atoms with Crippen molar-refractivity contribution < 1.29 is 0 Å². The fraction of sp³-hybridized carbons (Fsp3) is 0.467. The third kappa shape index (κ3) is 4.63. The molecule has 0 radical (unpaired) electrons. The van der Waals surface area contributed by atoms with E-state index in [1.807, 2.05) is 19.1 Å². The minimum absolute atomic E-state index is 0.469. The average molecular weight is 277 g/mol. The molecule has 1 aromatic rings. The lowest BCUT2D eigenvalue weighted by molar-refractivity contribution is 0.727. The van der Waals surface area contributed by atoms with E-state index in [0.29, 0.717) is 11.0 Å². The van der Waals surface area contributed by atoms with Gasteiger partial charge in [-0.15, -0.1) is 0 Å². The molecule has 0 saturated heterocycles. The maximum Gasteiger partial charge on any atom is 0.191 e. The largest absolute Gasteiger partial charge is 0.331 e. The Kier molecular flexibility index (Phi) is 5.96. The quantitative estimate of drug-likeness (QED) is 0.496. The third-order valence-electron chi connectivity index (χ3n) is 3.51. The van der Waals surface area contributed by atoms with E-state index in [1.165, 1.54) is 11.1 Å². The number of nitrogens with one attached hydrogen (secondary N) is 2. The van der Waals surface area contributed by atoms with E-state index in [2.05, 4.69) is 49.6 Å². The Balaban J connectivity index is 2.64. The van der Waals surface area contributed by atoms with E-state index < -0.39 is 0 Å². The minimum Gasteiger partial charge on any atom is -0.331 e. The van der Waals surface area contributed by atoms with Crippen molar-refractivity contribution in [1.82, 2.24) is 5.43 Å². The van der Waals surface area contributed by atoms with Crippen LogP contribution in [0.5, 0.6) is 0 Å². The van der Waals surface area contributed by atoms with Crippen LogP contribution in [0.2, 0.25) is 0 Å². The number of hydrogen-bond donors (Lipinski definition) is 2. The number of thiocarbonyl (C=S) groups is 1. The molecule has 104 valence electrons. The Morgan fingerprint density at radius 3 is 2.68 bits per heavy atom. The molecule has 0 saturated carbocycles. The van der Waals surface area contributed by atoms with Crippen LogP contribution >= 0.6 is 12.2 Å². The zero-order chi connectivity index (χ0) is 14.4. The topological polar surface area (TPSA) is 36.4 Å². The van der Waals surface area contributed by atoms with Gasteiger partial charge in [0.1, 0.15) is 0 Å². The fourth-order valence-corrected chi connectivity index (χ4v) is 1.74. The van der Waals surface area contributed by atoms with Crippen LogP contribution in [-0.2, 0) is 0 Å². The van der Waals surface area contributed by atoms with Gasteiger partial charge in [0.2, 0.25) is 0 Å². The van der Waals surface area contributed by atoms with Gasteiger partial charge in [0, 0.05) is 11.4 Å². The first kappa shape index (κ1) is 15.6. The van der Waals surface area contributed by atoms with E-state index in [0.717, 1.165) is 17.8 Å². The lowest BCUT2D eigenvalue weighted by Crippen LogP contribution is -2.26. The number of hydrazone groups is 1. The van der Waals surface area contributed by atoms with Crippen molar-refractivity contribution in [2.75, 3.05) is 5.32 Å². The number of rotatable bonds is 4. The summed E-state index contributed by atoms with van der Waals surface area (Å²) in [5, 5.41) is 8.01. The van der Waals surface area contributed by atoms with E-state index in [9.17, 15) is 0 Å². The third-order valence-corrected chi connectivity index (χ3v) is 3.71. The van der Waals surface area contributed by atoms with Gasteiger partial charge in [0.25, 0.3) is 0 Å². The average Bonchev–Trinajstić information content (AvgIpc) is 2.40. The van der Waals surface area contributed by atoms with Gasteiger partial charge >= 0.3 is 0 Å². The SMILES string of the molecule is CC[C@H](C)/C(C)=N\NC(=S)Nc1cccc(C)c1C. The molecule has 19 heavy (non-hydrogen) atoms.